The third-order valence-electron chi connectivity index (χ3n) is 6.53. The maximum absolute atomic E-state index is 13.6. The number of hydrogen-bond acceptors (Lipinski definition) is 3. The molecule has 4 rings (SSSR count). The Labute approximate surface area is 216 Å². The van der Waals surface area contributed by atoms with E-state index in [4.69, 9.17) is 0 Å². The molecule has 1 atom stereocenters. The van der Waals surface area contributed by atoms with Crippen molar-refractivity contribution in [3.63, 3.8) is 0 Å². The lowest BCUT2D eigenvalue weighted by Crippen LogP contribution is -2.42. The monoisotopic (exact) mass is 554 g/mol. The zero-order valence-corrected chi connectivity index (χ0v) is 22.5. The zero-order valence-electron chi connectivity index (χ0n) is 20.1. The molecule has 1 aliphatic carbocycles. The first kappa shape index (κ1) is 25.5. The molecule has 5 nitrogen and oxygen atoms in total. The third-order valence-corrected chi connectivity index (χ3v) is 8.85. The van der Waals surface area contributed by atoms with E-state index in [2.05, 4.69) is 39.4 Å². The van der Waals surface area contributed by atoms with Crippen LogP contribution >= 0.6 is 15.9 Å². The predicted octanol–water partition coefficient (Wildman–Crippen LogP) is 6.10. The molecule has 0 aromatic heterocycles. The zero-order chi connectivity index (χ0) is 25.0. The lowest BCUT2D eigenvalue weighted by molar-refractivity contribution is -0.120. The highest BCUT2D eigenvalue weighted by Gasteiger charge is 2.28. The first-order valence-corrected chi connectivity index (χ1v) is 14.3. The van der Waals surface area contributed by atoms with E-state index in [9.17, 15) is 13.2 Å². The van der Waals surface area contributed by atoms with Crippen molar-refractivity contribution >= 4 is 37.5 Å². The summed E-state index contributed by atoms with van der Waals surface area (Å²) in [6.45, 7) is 3.63. The van der Waals surface area contributed by atoms with Gasteiger partial charge in [0.15, 0.2) is 0 Å². The maximum Gasteiger partial charge on any atom is 0.264 e. The van der Waals surface area contributed by atoms with Gasteiger partial charge in [-0.3, -0.25) is 9.10 Å². The van der Waals surface area contributed by atoms with Crippen molar-refractivity contribution < 1.29 is 13.2 Å². The maximum atomic E-state index is 13.6. The van der Waals surface area contributed by atoms with Gasteiger partial charge in [0.2, 0.25) is 5.91 Å². The number of benzene rings is 3. The number of rotatable bonds is 8. The largest absolute Gasteiger partial charge is 0.348 e. The summed E-state index contributed by atoms with van der Waals surface area (Å²) < 4.78 is 29.2. The molecule has 3 aromatic carbocycles. The van der Waals surface area contributed by atoms with Crippen LogP contribution in [0, 0.1) is 6.92 Å². The number of carbonyl (C=O) groups is 1. The molecule has 3 aromatic rings. The first-order valence-electron chi connectivity index (χ1n) is 12.0. The Kier molecular flexibility index (Phi) is 7.97. The first-order chi connectivity index (χ1) is 16.8. The summed E-state index contributed by atoms with van der Waals surface area (Å²) in [6, 6.07) is 19.9. The van der Waals surface area contributed by atoms with Gasteiger partial charge < -0.3 is 5.32 Å². The van der Waals surface area contributed by atoms with Crippen LogP contribution in [0.2, 0.25) is 0 Å². The van der Waals surface area contributed by atoms with Crippen molar-refractivity contribution in [3.8, 4) is 0 Å². The van der Waals surface area contributed by atoms with Gasteiger partial charge in [-0.25, -0.2) is 8.42 Å². The Bertz CT molecular complexity index is 1290. The Morgan fingerprint density at radius 2 is 1.63 bits per heavy atom. The van der Waals surface area contributed by atoms with Gasteiger partial charge in [-0.15, -0.1) is 0 Å². The molecule has 0 fully saturated rings. The summed E-state index contributed by atoms with van der Waals surface area (Å²) >= 11 is 3.40. The van der Waals surface area contributed by atoms with E-state index in [0.29, 0.717) is 12.1 Å². The molecule has 1 amide bonds. The van der Waals surface area contributed by atoms with E-state index in [1.165, 1.54) is 28.3 Å². The highest BCUT2D eigenvalue weighted by molar-refractivity contribution is 9.10. The molecule has 0 radical (unpaired) electrons. The van der Waals surface area contributed by atoms with Crippen molar-refractivity contribution in [2.75, 3.05) is 10.8 Å². The number of carbonyl (C=O) groups excluding carboxylic acids is 1. The Morgan fingerprint density at radius 1 is 0.971 bits per heavy atom. The molecule has 0 heterocycles. The van der Waals surface area contributed by atoms with E-state index >= 15 is 0 Å². The summed E-state index contributed by atoms with van der Waals surface area (Å²) in [6.07, 6.45) is 5.31. The fourth-order valence-electron chi connectivity index (χ4n) is 4.52. The van der Waals surface area contributed by atoms with Crippen molar-refractivity contribution in [2.24, 2.45) is 0 Å². The number of aryl methyl sites for hydroxylation is 3. The number of nitrogens with one attached hydrogen (secondary N) is 1. The van der Waals surface area contributed by atoms with Gasteiger partial charge in [-0.1, -0.05) is 58.7 Å². The van der Waals surface area contributed by atoms with E-state index in [-0.39, 0.29) is 23.4 Å². The molecule has 0 bridgehead atoms. The molecule has 35 heavy (non-hydrogen) atoms. The van der Waals surface area contributed by atoms with Crippen LogP contribution in [0.1, 0.15) is 54.5 Å². The molecular weight excluding hydrogens is 524 g/mol. The van der Waals surface area contributed by atoms with Gasteiger partial charge in [0, 0.05) is 4.47 Å². The fraction of sp³-hybridized carbons (Fsp3) is 0.321. The number of sulfonamides is 1. The van der Waals surface area contributed by atoms with Crippen LogP contribution in [0.3, 0.4) is 0 Å². The van der Waals surface area contributed by atoms with Crippen molar-refractivity contribution in [2.45, 2.75) is 56.9 Å². The van der Waals surface area contributed by atoms with Crippen LogP contribution < -0.4 is 9.62 Å². The van der Waals surface area contributed by atoms with Crippen molar-refractivity contribution in [1.29, 1.82) is 0 Å². The summed E-state index contributed by atoms with van der Waals surface area (Å²) in [5, 5.41) is 3.08. The van der Waals surface area contributed by atoms with E-state index in [1.807, 2.05) is 13.8 Å². The average molecular weight is 556 g/mol. The van der Waals surface area contributed by atoms with Gasteiger partial charge in [-0.05, 0) is 92.1 Å². The lowest BCUT2D eigenvalue weighted by atomic mass is 9.89. The molecule has 0 aliphatic heterocycles. The predicted molar refractivity (Wildman–Crippen MR) is 144 cm³/mol. The molecule has 1 unspecified atom stereocenters. The van der Waals surface area contributed by atoms with Crippen LogP contribution in [0.15, 0.2) is 76.1 Å². The number of fused-ring (bicyclic) bond motifs is 1. The van der Waals surface area contributed by atoms with Gasteiger partial charge >= 0.3 is 0 Å². The summed E-state index contributed by atoms with van der Waals surface area (Å²) in [4.78, 5) is 13.4. The van der Waals surface area contributed by atoms with Crippen LogP contribution in [0.4, 0.5) is 5.69 Å². The SMILES string of the molecule is CCC(NC(=O)CN(c1ccc(Br)cc1)S(=O)(=O)c1ccc(C)cc1)c1ccc2c(c1)CCCC2. The standard InChI is InChI=1S/C28H31BrN2O3S/c1-3-27(23-11-10-21-6-4-5-7-22(21)18-23)30-28(32)19-31(25-14-12-24(29)13-15-25)35(33,34)26-16-8-20(2)9-17-26/h8-18,27H,3-7,19H2,1-2H3,(H,30,32). The second-order valence-electron chi connectivity index (χ2n) is 9.06. The number of nitrogens with zero attached hydrogens (tertiary/aromatic N) is 1. The van der Waals surface area contributed by atoms with Gasteiger partial charge in [0.05, 0.1) is 16.6 Å². The van der Waals surface area contributed by atoms with Gasteiger partial charge in [0.1, 0.15) is 6.54 Å². The van der Waals surface area contributed by atoms with E-state index < -0.39 is 10.0 Å². The lowest BCUT2D eigenvalue weighted by Gasteiger charge is -2.26. The quantitative estimate of drug-likeness (QED) is 0.365. The van der Waals surface area contributed by atoms with Gasteiger partial charge in [0.25, 0.3) is 10.0 Å². The molecule has 0 saturated heterocycles. The van der Waals surface area contributed by atoms with E-state index in [1.54, 1.807) is 48.5 Å². The number of halogens is 1. The van der Waals surface area contributed by atoms with Crippen LogP contribution in [-0.2, 0) is 27.7 Å². The van der Waals surface area contributed by atoms with Crippen molar-refractivity contribution in [3.05, 3.63) is 93.5 Å². The second kappa shape index (κ2) is 11.0. The Hall–Kier alpha value is -2.64. The third kappa shape index (κ3) is 5.96. The fourth-order valence-corrected chi connectivity index (χ4v) is 6.21. The second-order valence-corrected chi connectivity index (χ2v) is 11.8. The highest BCUT2D eigenvalue weighted by atomic mass is 79.9. The number of amides is 1. The van der Waals surface area contributed by atoms with Crippen LogP contribution in [0.5, 0.6) is 0 Å². The molecule has 1 aliphatic rings. The molecule has 0 spiro atoms. The molecule has 7 heteroatoms. The molecule has 0 saturated carbocycles. The minimum Gasteiger partial charge on any atom is -0.348 e. The topological polar surface area (TPSA) is 66.5 Å². The van der Waals surface area contributed by atoms with Gasteiger partial charge in [-0.2, -0.15) is 0 Å². The van der Waals surface area contributed by atoms with Crippen LogP contribution in [-0.4, -0.2) is 20.9 Å². The summed E-state index contributed by atoms with van der Waals surface area (Å²) in [7, 11) is -3.94. The highest BCUT2D eigenvalue weighted by Crippen LogP contribution is 2.28. The average Bonchev–Trinajstić information content (AvgIpc) is 2.86. The minimum atomic E-state index is -3.94. The van der Waals surface area contributed by atoms with Crippen LogP contribution in [0.25, 0.3) is 0 Å². The molecule has 184 valence electrons. The number of anilines is 1. The smallest absolute Gasteiger partial charge is 0.264 e. The van der Waals surface area contributed by atoms with Crippen molar-refractivity contribution in [1.82, 2.24) is 5.32 Å². The summed E-state index contributed by atoms with van der Waals surface area (Å²) in [5.74, 6) is -0.340. The summed E-state index contributed by atoms with van der Waals surface area (Å²) in [5.41, 5.74) is 5.23. The normalized spacial score (nSPS) is 14.1. The Morgan fingerprint density at radius 3 is 2.29 bits per heavy atom. The minimum absolute atomic E-state index is 0.153. The number of hydrogen-bond donors (Lipinski definition) is 1. The Balaban J connectivity index is 1.59. The van der Waals surface area contributed by atoms with E-state index in [0.717, 1.165) is 28.4 Å². The molecule has 1 N–H and O–H groups in total. The molecular formula is C28H31BrN2O3S.